The van der Waals surface area contributed by atoms with E-state index < -0.39 is 11.2 Å². The molecule has 0 aromatic carbocycles. The zero-order chi connectivity index (χ0) is 17.6. The van der Waals surface area contributed by atoms with Crippen molar-refractivity contribution in [2.45, 2.75) is 59.7 Å². The van der Waals surface area contributed by atoms with Crippen molar-refractivity contribution in [1.82, 2.24) is 4.90 Å². The molecule has 0 fully saturated rings. The molecule has 0 spiro atoms. The lowest BCUT2D eigenvalue weighted by molar-refractivity contribution is -0.151. The molecule has 0 amide bonds. The second-order valence-corrected chi connectivity index (χ2v) is 8.28. The summed E-state index contributed by atoms with van der Waals surface area (Å²) in [6.07, 6.45) is 0. The third-order valence-electron chi connectivity index (χ3n) is 3.31. The molecule has 0 saturated carbocycles. The van der Waals surface area contributed by atoms with Gasteiger partial charge in [0.25, 0.3) is 0 Å². The minimum absolute atomic E-state index is 0.0339. The second kappa shape index (κ2) is 9.21. The molecular formula is C16H31NO3S2. The van der Waals surface area contributed by atoms with Gasteiger partial charge in [-0.15, -0.1) is 0 Å². The Morgan fingerprint density at radius 2 is 1.77 bits per heavy atom. The summed E-state index contributed by atoms with van der Waals surface area (Å²) >= 11 is 6.93. The minimum atomic E-state index is -0.945. The van der Waals surface area contributed by atoms with Crippen LogP contribution in [0.2, 0.25) is 0 Å². The van der Waals surface area contributed by atoms with E-state index in [1.807, 2.05) is 6.92 Å². The number of thiocarbonyl (C=S) groups is 1. The molecule has 0 heterocycles. The van der Waals surface area contributed by atoms with Crippen LogP contribution in [0.4, 0.5) is 0 Å². The number of ether oxygens (including phenoxy) is 1. The van der Waals surface area contributed by atoms with E-state index >= 15 is 0 Å². The van der Waals surface area contributed by atoms with Crippen LogP contribution in [-0.4, -0.2) is 56.8 Å². The first kappa shape index (κ1) is 21.8. The summed E-state index contributed by atoms with van der Waals surface area (Å²) in [6.45, 7) is 14.8. The molecule has 6 heteroatoms. The Bertz CT molecular complexity index is 374. The van der Waals surface area contributed by atoms with E-state index in [1.54, 1.807) is 39.5 Å². The van der Waals surface area contributed by atoms with Gasteiger partial charge >= 0.3 is 0 Å². The van der Waals surface area contributed by atoms with E-state index in [0.29, 0.717) is 5.75 Å². The lowest BCUT2D eigenvalue weighted by Crippen LogP contribution is -2.43. The molecule has 130 valence electrons. The van der Waals surface area contributed by atoms with E-state index in [0.717, 1.165) is 17.4 Å². The van der Waals surface area contributed by atoms with Crippen molar-refractivity contribution in [2.24, 2.45) is 5.92 Å². The summed E-state index contributed by atoms with van der Waals surface area (Å²) in [6, 6.07) is 0. The predicted octanol–water partition coefficient (Wildman–Crippen LogP) is 3.12. The fraction of sp³-hybridized carbons (Fsp3) is 0.875. The molecule has 0 saturated heterocycles. The average molecular weight is 350 g/mol. The van der Waals surface area contributed by atoms with Gasteiger partial charge in [0.15, 0.2) is 5.78 Å². The molecule has 0 radical (unpaired) electrons. The standard InChI is InChI=1S/C16H31NO3S2/c1-8-17(9-2)14(21)22-10-12(3)13(18)16(6,7)20-11-15(4,5)19/h12,19H,8-11H2,1-7H3. The van der Waals surface area contributed by atoms with Gasteiger partial charge in [0.1, 0.15) is 9.92 Å². The summed E-state index contributed by atoms with van der Waals surface area (Å²) in [4.78, 5) is 14.6. The third-order valence-corrected chi connectivity index (χ3v) is 5.09. The highest BCUT2D eigenvalue weighted by molar-refractivity contribution is 8.22. The van der Waals surface area contributed by atoms with Gasteiger partial charge in [0.2, 0.25) is 0 Å². The minimum Gasteiger partial charge on any atom is -0.388 e. The number of ketones is 1. The second-order valence-electron chi connectivity index (χ2n) is 6.63. The predicted molar refractivity (Wildman–Crippen MR) is 98.5 cm³/mol. The Hall–Kier alpha value is -0.170. The van der Waals surface area contributed by atoms with Crippen LogP contribution in [0.5, 0.6) is 0 Å². The highest BCUT2D eigenvalue weighted by Crippen LogP contribution is 2.22. The molecule has 0 aromatic rings. The van der Waals surface area contributed by atoms with Gasteiger partial charge in [-0.2, -0.15) is 0 Å². The monoisotopic (exact) mass is 349 g/mol. The molecule has 4 nitrogen and oxygen atoms in total. The van der Waals surface area contributed by atoms with E-state index in [2.05, 4.69) is 18.7 Å². The van der Waals surface area contributed by atoms with Crippen LogP contribution in [0.25, 0.3) is 0 Å². The first-order valence-electron chi connectivity index (χ1n) is 7.77. The van der Waals surface area contributed by atoms with E-state index in [9.17, 15) is 9.90 Å². The van der Waals surface area contributed by atoms with E-state index in [4.69, 9.17) is 17.0 Å². The van der Waals surface area contributed by atoms with Crippen LogP contribution in [0.3, 0.4) is 0 Å². The highest BCUT2D eigenvalue weighted by Gasteiger charge is 2.34. The number of aliphatic hydroxyl groups is 1. The molecule has 1 unspecified atom stereocenters. The van der Waals surface area contributed by atoms with Crippen LogP contribution in [0.15, 0.2) is 0 Å². The van der Waals surface area contributed by atoms with Crippen molar-refractivity contribution < 1.29 is 14.6 Å². The summed E-state index contributed by atoms with van der Waals surface area (Å²) < 4.78 is 6.45. The van der Waals surface area contributed by atoms with Crippen LogP contribution in [0, 0.1) is 5.92 Å². The molecule has 0 aliphatic heterocycles. The van der Waals surface area contributed by atoms with Crippen molar-refractivity contribution in [3.63, 3.8) is 0 Å². The highest BCUT2D eigenvalue weighted by atomic mass is 32.2. The summed E-state index contributed by atoms with van der Waals surface area (Å²) in [5.41, 5.74) is -1.85. The summed E-state index contributed by atoms with van der Waals surface area (Å²) in [5, 5.41) is 9.73. The largest absolute Gasteiger partial charge is 0.388 e. The van der Waals surface area contributed by atoms with Gasteiger partial charge in [-0.05, 0) is 41.5 Å². The van der Waals surface area contributed by atoms with E-state index in [-0.39, 0.29) is 18.3 Å². The molecule has 0 aliphatic rings. The van der Waals surface area contributed by atoms with Crippen LogP contribution in [0.1, 0.15) is 48.5 Å². The smallest absolute Gasteiger partial charge is 0.167 e. The maximum Gasteiger partial charge on any atom is 0.167 e. The molecule has 0 rings (SSSR count). The number of thioether (sulfide) groups is 1. The van der Waals surface area contributed by atoms with Gasteiger partial charge in [-0.3, -0.25) is 4.79 Å². The van der Waals surface area contributed by atoms with Crippen molar-refractivity contribution in [1.29, 1.82) is 0 Å². The molecule has 1 atom stereocenters. The van der Waals surface area contributed by atoms with Gasteiger partial charge in [0.05, 0.1) is 12.2 Å². The Morgan fingerprint density at radius 1 is 1.27 bits per heavy atom. The van der Waals surface area contributed by atoms with Crippen molar-refractivity contribution in [2.75, 3.05) is 25.4 Å². The van der Waals surface area contributed by atoms with Crippen LogP contribution in [-0.2, 0) is 9.53 Å². The van der Waals surface area contributed by atoms with Gasteiger partial charge in [-0.1, -0.05) is 30.9 Å². The third kappa shape index (κ3) is 7.90. The lowest BCUT2D eigenvalue weighted by Gasteiger charge is -2.30. The summed E-state index contributed by atoms with van der Waals surface area (Å²) in [7, 11) is 0. The van der Waals surface area contributed by atoms with Gasteiger partial charge < -0.3 is 14.7 Å². The SMILES string of the molecule is CCN(CC)C(=S)SCC(C)C(=O)C(C)(C)OCC(C)(C)O. The summed E-state index contributed by atoms with van der Waals surface area (Å²) in [5.74, 6) is 0.519. The van der Waals surface area contributed by atoms with Crippen molar-refractivity contribution in [3.8, 4) is 0 Å². The first-order valence-corrected chi connectivity index (χ1v) is 9.16. The molecule has 22 heavy (non-hydrogen) atoms. The lowest BCUT2D eigenvalue weighted by atomic mass is 9.93. The fourth-order valence-electron chi connectivity index (χ4n) is 1.87. The number of hydrogen-bond donors (Lipinski definition) is 1. The zero-order valence-electron chi connectivity index (χ0n) is 14.9. The fourth-order valence-corrected chi connectivity index (χ4v) is 3.31. The topological polar surface area (TPSA) is 49.8 Å². The van der Waals surface area contributed by atoms with Crippen LogP contribution >= 0.6 is 24.0 Å². The number of carbonyl (C=O) groups is 1. The maximum atomic E-state index is 12.5. The zero-order valence-corrected chi connectivity index (χ0v) is 16.6. The Morgan fingerprint density at radius 3 is 2.18 bits per heavy atom. The van der Waals surface area contributed by atoms with E-state index in [1.165, 1.54) is 0 Å². The Labute approximate surface area is 145 Å². The maximum absolute atomic E-state index is 12.5. The molecular weight excluding hydrogens is 318 g/mol. The first-order chi connectivity index (χ1) is 9.94. The number of Topliss-reactive ketones (excluding diaryl/α,β-unsaturated/α-hetero) is 1. The molecule has 0 bridgehead atoms. The quantitative estimate of drug-likeness (QED) is 0.646. The Kier molecular flexibility index (Phi) is 9.13. The van der Waals surface area contributed by atoms with Gasteiger partial charge in [0, 0.05) is 24.8 Å². The molecule has 0 aromatic heterocycles. The Balaban J connectivity index is 4.49. The van der Waals surface area contributed by atoms with Crippen molar-refractivity contribution >= 4 is 34.1 Å². The number of rotatable bonds is 9. The number of hydrogen-bond acceptors (Lipinski definition) is 5. The average Bonchev–Trinajstić information content (AvgIpc) is 2.42. The normalized spacial score (nSPS) is 13.8. The number of nitrogens with zero attached hydrogens (tertiary/aromatic N) is 1. The van der Waals surface area contributed by atoms with Crippen molar-refractivity contribution in [3.05, 3.63) is 0 Å². The van der Waals surface area contributed by atoms with Gasteiger partial charge in [-0.25, -0.2) is 0 Å². The molecule has 1 N–H and O–H groups in total. The number of carbonyl (C=O) groups excluding carboxylic acids is 1. The van der Waals surface area contributed by atoms with Crippen LogP contribution < -0.4 is 0 Å². The molecule has 0 aliphatic carbocycles.